The van der Waals surface area contributed by atoms with Crippen LogP contribution in [-0.2, 0) is 26.3 Å². The number of urea groups is 1. The first kappa shape index (κ1) is 15.1. The van der Waals surface area contributed by atoms with Crippen LogP contribution >= 0.6 is 0 Å². The van der Waals surface area contributed by atoms with Crippen LogP contribution in [0.15, 0.2) is 35.1 Å². The Morgan fingerprint density at radius 3 is 2.74 bits per heavy atom. The molecule has 0 atom stereocenters. The van der Waals surface area contributed by atoms with E-state index in [2.05, 4.69) is 46.5 Å². The fourth-order valence-electron chi connectivity index (χ4n) is 1.01. The van der Waals surface area contributed by atoms with Gasteiger partial charge in [0.2, 0.25) is 0 Å². The summed E-state index contributed by atoms with van der Waals surface area (Å²) < 4.78 is 40.0. The molecule has 0 saturated carbocycles. The summed E-state index contributed by atoms with van der Waals surface area (Å²) in [5.74, 6) is -0.260. The minimum atomic E-state index is -4.55. The van der Waals surface area contributed by atoms with Crippen molar-refractivity contribution in [2.45, 2.75) is 6.18 Å². The van der Waals surface area contributed by atoms with Crippen molar-refractivity contribution >= 4 is 11.7 Å². The first-order valence-electron chi connectivity index (χ1n) is 4.57. The van der Waals surface area contributed by atoms with Crippen molar-refractivity contribution in [2.24, 2.45) is 4.19 Å². The van der Waals surface area contributed by atoms with Crippen molar-refractivity contribution < 1.29 is 38.1 Å². The van der Waals surface area contributed by atoms with Crippen LogP contribution in [0.4, 0.5) is 23.7 Å². The number of carbonyl (C=O) groups excluding carboxylic acids is 1. The average molecular weight is 319 g/mol. The van der Waals surface area contributed by atoms with Gasteiger partial charge in [-0.05, 0) is 0 Å². The molecule has 0 spiro atoms. The van der Waals surface area contributed by atoms with Crippen LogP contribution in [0.3, 0.4) is 0 Å². The number of anilines is 1. The number of nitrogens with one attached hydrogen (secondary N) is 2. The zero-order chi connectivity index (χ0) is 14.5. The van der Waals surface area contributed by atoms with Gasteiger partial charge >= 0.3 is 112 Å². The molecule has 1 aromatic heterocycles. The molecule has 19 heavy (non-hydrogen) atoms. The Kier molecular flexibility index (Phi) is 4.99. The summed E-state index contributed by atoms with van der Waals surface area (Å²) in [7, 11) is 0. The molecule has 0 radical (unpaired) electrons. The second kappa shape index (κ2) is 6.28. The summed E-state index contributed by atoms with van der Waals surface area (Å²) in [5.41, 5.74) is -1.12. The Balaban J connectivity index is 2.70. The molecule has 1 heterocycles. The van der Waals surface area contributed by atoms with Gasteiger partial charge in [-0.3, -0.25) is 0 Å². The van der Waals surface area contributed by atoms with Crippen LogP contribution in [-0.4, -0.2) is 11.0 Å². The van der Waals surface area contributed by atoms with Crippen LogP contribution in [0.25, 0.3) is 0 Å². The normalized spacial score (nSPS) is 10.6. The molecule has 1 rings (SSSR count). The summed E-state index contributed by atoms with van der Waals surface area (Å²) in [6.07, 6.45) is -2.85. The van der Waals surface area contributed by atoms with Crippen molar-refractivity contribution in [1.29, 1.82) is 0 Å². The van der Waals surface area contributed by atoms with Gasteiger partial charge in [-0.25, -0.2) is 0 Å². The van der Waals surface area contributed by atoms with E-state index in [1.807, 2.05) is 0 Å². The van der Waals surface area contributed by atoms with Gasteiger partial charge in [0.1, 0.15) is 0 Å². The number of hydrogen-bond acceptors (Lipinski definition) is 4. The molecule has 106 valence electrons. The van der Waals surface area contributed by atoms with E-state index in [4.69, 9.17) is 0 Å². The number of pyridine rings is 1. The minimum absolute atomic E-state index is 0.141. The molecule has 0 saturated heterocycles. The number of aromatic nitrogens is 1. The molecular formula is C9H7F3N4NiO2. The quantitative estimate of drug-likeness (QED) is 0.508. The van der Waals surface area contributed by atoms with Crippen molar-refractivity contribution in [3.8, 4) is 0 Å². The van der Waals surface area contributed by atoms with Gasteiger partial charge in [0.25, 0.3) is 0 Å². The third-order valence-corrected chi connectivity index (χ3v) is 1.81. The Labute approximate surface area is 113 Å². The maximum absolute atomic E-state index is 12.4. The van der Waals surface area contributed by atoms with Crippen LogP contribution in [0, 0.1) is 0 Å². The Bertz CT molecular complexity index is 506. The average Bonchev–Trinajstić information content (AvgIpc) is 2.28. The van der Waals surface area contributed by atoms with Gasteiger partial charge in [0, 0.05) is 0 Å². The van der Waals surface area contributed by atoms with Crippen LogP contribution < -0.4 is 10.6 Å². The van der Waals surface area contributed by atoms with Crippen molar-refractivity contribution in [3.63, 3.8) is 0 Å². The molecule has 1 aromatic rings. The van der Waals surface area contributed by atoms with E-state index in [0.29, 0.717) is 6.20 Å². The maximum atomic E-state index is 12.4. The SMILES string of the molecule is C=C(NC(=O)Nc1cncc(C(F)(F)F)c1)O[N]=[Ni]. The van der Waals surface area contributed by atoms with Gasteiger partial charge in [-0.2, -0.15) is 0 Å². The van der Waals surface area contributed by atoms with E-state index in [1.54, 1.807) is 0 Å². The predicted molar refractivity (Wildman–Crippen MR) is 54.0 cm³/mol. The first-order chi connectivity index (χ1) is 8.82. The standard InChI is InChI=1S/C9H7F3N4O2.Ni/c1-5(18-13)15-8(17)16-7-2-6(3-14-4-7)9(10,11)12;/h2-4H,1H2,(H2,15,16,17);. The van der Waals surface area contributed by atoms with Crippen LogP contribution in [0.5, 0.6) is 0 Å². The van der Waals surface area contributed by atoms with Gasteiger partial charge in [0.15, 0.2) is 0 Å². The Hall–Kier alpha value is -1.96. The molecule has 0 aromatic carbocycles. The fourth-order valence-corrected chi connectivity index (χ4v) is 1.12. The van der Waals surface area contributed by atoms with E-state index in [0.717, 1.165) is 12.3 Å². The number of halogens is 3. The van der Waals surface area contributed by atoms with Crippen LogP contribution in [0.2, 0.25) is 0 Å². The zero-order valence-electron chi connectivity index (χ0n) is 9.10. The molecule has 0 fully saturated rings. The monoisotopic (exact) mass is 318 g/mol. The summed E-state index contributed by atoms with van der Waals surface area (Å²) in [5, 5.41) is 4.18. The Morgan fingerprint density at radius 2 is 2.16 bits per heavy atom. The number of rotatable bonds is 4. The van der Waals surface area contributed by atoms with Crippen molar-refractivity contribution in [1.82, 2.24) is 10.3 Å². The van der Waals surface area contributed by atoms with E-state index >= 15 is 0 Å². The van der Waals surface area contributed by atoms with Crippen LogP contribution in [0.1, 0.15) is 5.56 Å². The molecule has 0 aliphatic heterocycles. The zero-order valence-corrected chi connectivity index (χ0v) is 10.1. The topological polar surface area (TPSA) is 75.6 Å². The van der Waals surface area contributed by atoms with Gasteiger partial charge in [-0.1, -0.05) is 0 Å². The number of hydrogen-bond donors (Lipinski definition) is 2. The number of alkyl halides is 3. The fraction of sp³-hybridized carbons (Fsp3) is 0.111. The van der Waals surface area contributed by atoms with Crippen molar-refractivity contribution in [2.75, 3.05) is 5.32 Å². The molecule has 2 amide bonds. The summed E-state index contributed by atoms with van der Waals surface area (Å²) >= 11 is 3.83. The molecule has 0 unspecified atom stereocenters. The number of carbonyl (C=O) groups is 1. The Morgan fingerprint density at radius 1 is 1.47 bits per heavy atom. The molecule has 0 aliphatic carbocycles. The summed E-state index contributed by atoms with van der Waals surface area (Å²) in [4.78, 5) is 19.0. The first-order valence-corrected chi connectivity index (χ1v) is 5.02. The molecule has 6 nitrogen and oxygen atoms in total. The second-order valence-corrected chi connectivity index (χ2v) is 3.29. The van der Waals surface area contributed by atoms with Gasteiger partial charge < -0.3 is 0 Å². The van der Waals surface area contributed by atoms with E-state index in [1.165, 1.54) is 0 Å². The molecule has 0 aliphatic rings. The molecule has 0 bridgehead atoms. The summed E-state index contributed by atoms with van der Waals surface area (Å²) in [6, 6.07) is -0.134. The van der Waals surface area contributed by atoms with Gasteiger partial charge in [0.05, 0.1) is 0 Å². The van der Waals surface area contributed by atoms with Gasteiger partial charge in [-0.15, -0.1) is 0 Å². The summed E-state index contributed by atoms with van der Waals surface area (Å²) in [6.45, 7) is 3.24. The molecule has 10 heteroatoms. The predicted octanol–water partition coefficient (Wildman–Crippen LogP) is 2.36. The van der Waals surface area contributed by atoms with E-state index in [-0.39, 0.29) is 11.6 Å². The number of nitrogens with zero attached hydrogens (tertiary/aromatic N) is 2. The number of amides is 2. The van der Waals surface area contributed by atoms with E-state index in [9.17, 15) is 18.0 Å². The molecular weight excluding hydrogens is 312 g/mol. The van der Waals surface area contributed by atoms with E-state index < -0.39 is 17.8 Å². The molecule has 2 N–H and O–H groups in total. The third-order valence-electron chi connectivity index (χ3n) is 1.72. The second-order valence-electron chi connectivity index (χ2n) is 3.11. The van der Waals surface area contributed by atoms with Crippen molar-refractivity contribution in [3.05, 3.63) is 36.5 Å². The third kappa shape index (κ3) is 5.04.